The number of carbonyl (C=O) groups excluding carboxylic acids is 1. The number of carbonyl (C=O) groups is 1. The van der Waals surface area contributed by atoms with Crippen LogP contribution >= 0.6 is 0 Å². The Morgan fingerprint density at radius 2 is 1.91 bits per heavy atom. The number of amides is 1. The van der Waals surface area contributed by atoms with Gasteiger partial charge in [0.25, 0.3) is 5.91 Å². The number of ether oxygens (including phenoxy) is 1. The van der Waals surface area contributed by atoms with Gasteiger partial charge in [0, 0.05) is 16.5 Å². The van der Waals surface area contributed by atoms with Crippen LogP contribution < -0.4 is 10.1 Å². The first-order valence-corrected chi connectivity index (χ1v) is 6.61. The van der Waals surface area contributed by atoms with Gasteiger partial charge in [0.1, 0.15) is 5.82 Å². The van der Waals surface area contributed by atoms with Gasteiger partial charge in [0.2, 0.25) is 5.88 Å². The number of rotatable bonds is 4. The van der Waals surface area contributed by atoms with Crippen molar-refractivity contribution in [1.82, 2.24) is 10.2 Å². The Balaban J connectivity index is 1.66. The molecule has 2 aromatic carbocycles. The van der Waals surface area contributed by atoms with Gasteiger partial charge in [-0.1, -0.05) is 18.2 Å². The second kappa shape index (κ2) is 6.17. The molecular weight excluding hydrogens is 285 g/mol. The van der Waals surface area contributed by atoms with Gasteiger partial charge in [-0.05, 0) is 30.3 Å². The molecule has 0 saturated heterocycles. The summed E-state index contributed by atoms with van der Waals surface area (Å²) in [6.07, 6.45) is 1.63. The van der Waals surface area contributed by atoms with Crippen molar-refractivity contribution in [2.75, 3.05) is 11.9 Å². The highest BCUT2D eigenvalue weighted by Gasteiger charge is 2.08. The lowest BCUT2D eigenvalue weighted by Gasteiger charge is -2.08. The average molecular weight is 297 g/mol. The van der Waals surface area contributed by atoms with E-state index in [1.807, 2.05) is 24.3 Å². The van der Waals surface area contributed by atoms with Crippen LogP contribution in [0.1, 0.15) is 0 Å². The van der Waals surface area contributed by atoms with Crippen LogP contribution in [0, 0.1) is 5.82 Å². The first-order valence-electron chi connectivity index (χ1n) is 6.61. The molecule has 0 aliphatic heterocycles. The summed E-state index contributed by atoms with van der Waals surface area (Å²) in [5.74, 6) is -0.422. The highest BCUT2D eigenvalue weighted by molar-refractivity contribution is 5.92. The van der Waals surface area contributed by atoms with Crippen LogP contribution in [0.25, 0.3) is 10.8 Å². The smallest absolute Gasteiger partial charge is 0.262 e. The minimum atomic E-state index is -0.361. The van der Waals surface area contributed by atoms with Crippen molar-refractivity contribution in [2.24, 2.45) is 0 Å². The molecule has 6 heteroatoms. The number of aromatic nitrogens is 2. The Morgan fingerprint density at radius 3 is 2.73 bits per heavy atom. The Morgan fingerprint density at radius 1 is 1.14 bits per heavy atom. The van der Waals surface area contributed by atoms with Crippen LogP contribution in [0.3, 0.4) is 0 Å². The second-order valence-corrected chi connectivity index (χ2v) is 4.58. The SMILES string of the molecule is O=C(COc1nncc2ccccc12)Nc1ccc(F)cc1. The first kappa shape index (κ1) is 13.9. The van der Waals surface area contributed by atoms with Gasteiger partial charge in [-0.15, -0.1) is 5.10 Å². The van der Waals surface area contributed by atoms with Crippen LogP contribution in [-0.2, 0) is 4.79 Å². The van der Waals surface area contributed by atoms with Gasteiger partial charge in [-0.25, -0.2) is 4.39 Å². The number of benzene rings is 2. The predicted octanol–water partition coefficient (Wildman–Crippen LogP) is 2.79. The third-order valence-corrected chi connectivity index (χ3v) is 3.00. The summed E-state index contributed by atoms with van der Waals surface area (Å²) >= 11 is 0. The minimum absolute atomic E-state index is 0.208. The summed E-state index contributed by atoms with van der Waals surface area (Å²) in [7, 11) is 0. The van der Waals surface area contributed by atoms with E-state index in [1.54, 1.807) is 6.20 Å². The van der Waals surface area contributed by atoms with Crippen LogP contribution in [0.15, 0.2) is 54.7 Å². The molecule has 3 rings (SSSR count). The number of halogens is 1. The maximum absolute atomic E-state index is 12.8. The quantitative estimate of drug-likeness (QED) is 0.804. The van der Waals surface area contributed by atoms with E-state index in [0.29, 0.717) is 11.6 Å². The van der Waals surface area contributed by atoms with E-state index in [9.17, 15) is 9.18 Å². The van der Waals surface area contributed by atoms with Crippen LogP contribution in [0.5, 0.6) is 5.88 Å². The number of hydrogen-bond donors (Lipinski definition) is 1. The molecule has 3 aromatic rings. The Hall–Kier alpha value is -3.02. The summed E-state index contributed by atoms with van der Waals surface area (Å²) in [6, 6.07) is 13.0. The Bertz CT molecular complexity index is 801. The minimum Gasteiger partial charge on any atom is -0.466 e. The second-order valence-electron chi connectivity index (χ2n) is 4.58. The normalized spacial score (nSPS) is 10.4. The fourth-order valence-corrected chi connectivity index (χ4v) is 1.97. The zero-order valence-corrected chi connectivity index (χ0v) is 11.5. The lowest BCUT2D eigenvalue weighted by molar-refractivity contribution is -0.118. The molecule has 1 heterocycles. The first-order chi connectivity index (χ1) is 10.7. The number of nitrogens with zero attached hydrogens (tertiary/aromatic N) is 2. The van der Waals surface area contributed by atoms with E-state index in [1.165, 1.54) is 24.3 Å². The molecule has 1 aromatic heterocycles. The van der Waals surface area contributed by atoms with E-state index in [0.717, 1.165) is 10.8 Å². The predicted molar refractivity (Wildman–Crippen MR) is 80.1 cm³/mol. The summed E-state index contributed by atoms with van der Waals surface area (Å²) in [5, 5.41) is 12.0. The Kier molecular flexibility index (Phi) is 3.91. The van der Waals surface area contributed by atoms with E-state index in [-0.39, 0.29) is 18.3 Å². The molecule has 0 atom stereocenters. The van der Waals surface area contributed by atoms with Crippen molar-refractivity contribution >= 4 is 22.4 Å². The summed E-state index contributed by atoms with van der Waals surface area (Å²) < 4.78 is 18.2. The highest BCUT2D eigenvalue weighted by Crippen LogP contribution is 2.21. The van der Waals surface area contributed by atoms with Crippen LogP contribution in [0.4, 0.5) is 10.1 Å². The molecule has 1 amide bonds. The van der Waals surface area contributed by atoms with E-state index < -0.39 is 0 Å². The molecule has 0 saturated carbocycles. The molecule has 1 N–H and O–H groups in total. The summed E-state index contributed by atoms with van der Waals surface area (Å²) in [4.78, 5) is 11.8. The monoisotopic (exact) mass is 297 g/mol. The van der Waals surface area contributed by atoms with E-state index >= 15 is 0 Å². The Labute approximate surface area is 125 Å². The molecule has 5 nitrogen and oxygen atoms in total. The van der Waals surface area contributed by atoms with Crippen molar-refractivity contribution in [3.63, 3.8) is 0 Å². The molecule has 0 radical (unpaired) electrons. The molecule has 0 unspecified atom stereocenters. The third kappa shape index (κ3) is 3.17. The summed E-state index contributed by atoms with van der Waals surface area (Å²) in [6.45, 7) is -0.208. The van der Waals surface area contributed by atoms with Crippen molar-refractivity contribution in [1.29, 1.82) is 0 Å². The van der Waals surface area contributed by atoms with Crippen LogP contribution in [0.2, 0.25) is 0 Å². The molecular formula is C16H12FN3O2. The molecule has 0 bridgehead atoms. The number of nitrogens with one attached hydrogen (secondary N) is 1. The lowest BCUT2D eigenvalue weighted by atomic mass is 10.2. The molecule has 22 heavy (non-hydrogen) atoms. The van der Waals surface area contributed by atoms with E-state index in [4.69, 9.17) is 4.74 Å². The van der Waals surface area contributed by atoms with Crippen molar-refractivity contribution < 1.29 is 13.9 Å². The maximum Gasteiger partial charge on any atom is 0.262 e. The van der Waals surface area contributed by atoms with Gasteiger partial charge in [0.15, 0.2) is 6.61 Å². The number of anilines is 1. The fourth-order valence-electron chi connectivity index (χ4n) is 1.97. The maximum atomic E-state index is 12.8. The summed E-state index contributed by atoms with van der Waals surface area (Å²) in [5.41, 5.74) is 0.499. The average Bonchev–Trinajstić information content (AvgIpc) is 2.55. The van der Waals surface area contributed by atoms with Gasteiger partial charge in [0.05, 0.1) is 6.20 Å². The van der Waals surface area contributed by atoms with Crippen molar-refractivity contribution in [2.45, 2.75) is 0 Å². The van der Waals surface area contributed by atoms with E-state index in [2.05, 4.69) is 15.5 Å². The molecule has 0 fully saturated rings. The zero-order valence-electron chi connectivity index (χ0n) is 11.5. The van der Waals surface area contributed by atoms with Crippen molar-refractivity contribution in [3.05, 3.63) is 60.5 Å². The largest absolute Gasteiger partial charge is 0.466 e. The molecule has 0 aliphatic carbocycles. The van der Waals surface area contributed by atoms with Crippen LogP contribution in [-0.4, -0.2) is 22.7 Å². The lowest BCUT2D eigenvalue weighted by Crippen LogP contribution is -2.20. The standard InChI is InChI=1S/C16H12FN3O2/c17-12-5-7-13(8-6-12)19-15(21)10-22-16-14-4-2-1-3-11(14)9-18-20-16/h1-9H,10H2,(H,19,21). The molecule has 110 valence electrons. The molecule has 0 aliphatic rings. The zero-order chi connectivity index (χ0) is 15.4. The van der Waals surface area contributed by atoms with Gasteiger partial charge < -0.3 is 10.1 Å². The van der Waals surface area contributed by atoms with Gasteiger partial charge in [-0.3, -0.25) is 4.79 Å². The number of fused-ring (bicyclic) bond motifs is 1. The highest BCUT2D eigenvalue weighted by atomic mass is 19.1. The molecule has 0 spiro atoms. The van der Waals surface area contributed by atoms with Crippen molar-refractivity contribution in [3.8, 4) is 5.88 Å². The fraction of sp³-hybridized carbons (Fsp3) is 0.0625. The van der Waals surface area contributed by atoms with Gasteiger partial charge in [-0.2, -0.15) is 5.10 Å². The third-order valence-electron chi connectivity index (χ3n) is 3.00. The topological polar surface area (TPSA) is 64.1 Å². The van der Waals surface area contributed by atoms with Gasteiger partial charge >= 0.3 is 0 Å². The number of hydrogen-bond acceptors (Lipinski definition) is 4.